The van der Waals surface area contributed by atoms with E-state index in [-0.39, 0.29) is 11.5 Å². The minimum atomic E-state index is -0.829. The standard InChI is InChI=1S/C17H23NO3/c1-17(2,3)15-10-14(8-9-18(15)16(20)21)13-6-4-12(11-19)5-7-13/h4-7,11,14-15H,8-10H2,1-3H3,(H,20,21). The first kappa shape index (κ1) is 15.5. The first-order valence-corrected chi connectivity index (χ1v) is 7.37. The molecule has 4 nitrogen and oxygen atoms in total. The predicted octanol–water partition coefficient (Wildman–Crippen LogP) is 3.77. The van der Waals surface area contributed by atoms with Gasteiger partial charge in [0.15, 0.2) is 0 Å². The highest BCUT2D eigenvalue weighted by molar-refractivity contribution is 5.74. The Labute approximate surface area is 125 Å². The topological polar surface area (TPSA) is 57.6 Å². The molecule has 1 fully saturated rings. The average molecular weight is 289 g/mol. The maximum Gasteiger partial charge on any atom is 0.407 e. The van der Waals surface area contributed by atoms with E-state index >= 15 is 0 Å². The predicted molar refractivity (Wildman–Crippen MR) is 81.8 cm³/mol. The molecule has 21 heavy (non-hydrogen) atoms. The van der Waals surface area contributed by atoms with Crippen molar-refractivity contribution in [2.45, 2.75) is 45.6 Å². The van der Waals surface area contributed by atoms with Gasteiger partial charge in [0.25, 0.3) is 0 Å². The Bertz CT molecular complexity index is 516. The van der Waals surface area contributed by atoms with Gasteiger partial charge in [-0.1, -0.05) is 45.0 Å². The fraction of sp³-hybridized carbons (Fsp3) is 0.529. The SMILES string of the molecule is CC(C)(C)C1CC(c2ccc(C=O)cc2)CCN1C(=O)O. The van der Waals surface area contributed by atoms with Crippen molar-refractivity contribution in [3.05, 3.63) is 35.4 Å². The molecule has 114 valence electrons. The van der Waals surface area contributed by atoms with E-state index in [1.54, 1.807) is 4.90 Å². The van der Waals surface area contributed by atoms with Crippen molar-refractivity contribution in [2.75, 3.05) is 6.54 Å². The van der Waals surface area contributed by atoms with Crippen molar-refractivity contribution in [1.29, 1.82) is 0 Å². The quantitative estimate of drug-likeness (QED) is 0.843. The Hall–Kier alpha value is -1.84. The van der Waals surface area contributed by atoms with Crippen LogP contribution in [0.25, 0.3) is 0 Å². The molecule has 0 aliphatic carbocycles. The molecule has 2 rings (SSSR count). The number of hydrogen-bond acceptors (Lipinski definition) is 2. The maximum atomic E-state index is 11.4. The minimum Gasteiger partial charge on any atom is -0.465 e. The molecular weight excluding hydrogens is 266 g/mol. The number of benzene rings is 1. The number of piperidine rings is 1. The number of aldehydes is 1. The summed E-state index contributed by atoms with van der Waals surface area (Å²) in [5.74, 6) is 0.352. The van der Waals surface area contributed by atoms with Crippen LogP contribution in [0.1, 0.15) is 55.5 Å². The van der Waals surface area contributed by atoms with E-state index in [1.807, 2.05) is 24.3 Å². The Morgan fingerprint density at radius 3 is 2.38 bits per heavy atom. The van der Waals surface area contributed by atoms with E-state index in [1.165, 1.54) is 5.56 Å². The average Bonchev–Trinajstić information content (AvgIpc) is 2.45. The molecule has 1 aliphatic rings. The van der Waals surface area contributed by atoms with Crippen LogP contribution in [0, 0.1) is 5.41 Å². The summed E-state index contributed by atoms with van der Waals surface area (Å²) in [6.07, 6.45) is 1.68. The summed E-state index contributed by atoms with van der Waals surface area (Å²) in [7, 11) is 0. The molecule has 1 amide bonds. The van der Waals surface area contributed by atoms with Gasteiger partial charge in [-0.3, -0.25) is 4.79 Å². The van der Waals surface area contributed by atoms with Crippen LogP contribution in [-0.2, 0) is 0 Å². The number of carboxylic acid groups (broad SMARTS) is 1. The van der Waals surface area contributed by atoms with Gasteiger partial charge in [-0.15, -0.1) is 0 Å². The van der Waals surface area contributed by atoms with Crippen molar-refractivity contribution < 1.29 is 14.7 Å². The summed E-state index contributed by atoms with van der Waals surface area (Å²) in [5, 5.41) is 9.38. The second kappa shape index (κ2) is 5.88. The molecule has 0 spiro atoms. The van der Waals surface area contributed by atoms with Crippen LogP contribution in [0.2, 0.25) is 0 Å². The molecule has 2 unspecified atom stereocenters. The number of nitrogens with zero attached hydrogens (tertiary/aromatic N) is 1. The van der Waals surface area contributed by atoms with Crippen LogP contribution in [0.4, 0.5) is 4.79 Å². The molecule has 1 heterocycles. The number of rotatable bonds is 2. The summed E-state index contributed by atoms with van der Waals surface area (Å²) in [6.45, 7) is 6.83. The van der Waals surface area contributed by atoms with Crippen LogP contribution in [0.5, 0.6) is 0 Å². The van der Waals surface area contributed by atoms with E-state index in [4.69, 9.17) is 0 Å². The van der Waals surface area contributed by atoms with Crippen LogP contribution >= 0.6 is 0 Å². The van der Waals surface area contributed by atoms with E-state index < -0.39 is 6.09 Å². The van der Waals surface area contributed by atoms with Crippen molar-refractivity contribution in [3.63, 3.8) is 0 Å². The van der Waals surface area contributed by atoms with E-state index in [9.17, 15) is 14.7 Å². The van der Waals surface area contributed by atoms with Crippen molar-refractivity contribution in [2.24, 2.45) is 5.41 Å². The highest BCUT2D eigenvalue weighted by Gasteiger charge is 2.38. The van der Waals surface area contributed by atoms with Gasteiger partial charge in [-0.25, -0.2) is 4.79 Å². The second-order valence-electron chi connectivity index (χ2n) is 6.86. The molecule has 1 aromatic rings. The second-order valence-corrected chi connectivity index (χ2v) is 6.86. The fourth-order valence-electron chi connectivity index (χ4n) is 3.16. The van der Waals surface area contributed by atoms with Gasteiger partial charge < -0.3 is 10.0 Å². The first-order valence-electron chi connectivity index (χ1n) is 7.37. The molecule has 0 aromatic heterocycles. The lowest BCUT2D eigenvalue weighted by Gasteiger charge is -2.44. The Morgan fingerprint density at radius 2 is 1.90 bits per heavy atom. The number of carbonyl (C=O) groups excluding carboxylic acids is 1. The normalized spacial score (nSPS) is 22.9. The molecule has 1 saturated heterocycles. The van der Waals surface area contributed by atoms with E-state index in [2.05, 4.69) is 20.8 Å². The summed E-state index contributed by atoms with van der Waals surface area (Å²) in [5.41, 5.74) is 1.79. The molecule has 1 aliphatic heterocycles. The summed E-state index contributed by atoms with van der Waals surface area (Å²) in [4.78, 5) is 23.7. The zero-order chi connectivity index (χ0) is 15.6. The molecule has 0 saturated carbocycles. The van der Waals surface area contributed by atoms with Gasteiger partial charge in [0, 0.05) is 18.2 Å². The zero-order valence-corrected chi connectivity index (χ0v) is 12.9. The first-order chi connectivity index (χ1) is 9.82. The fourth-order valence-corrected chi connectivity index (χ4v) is 3.16. The maximum absolute atomic E-state index is 11.4. The van der Waals surface area contributed by atoms with Crippen molar-refractivity contribution in [1.82, 2.24) is 4.90 Å². The summed E-state index contributed by atoms with van der Waals surface area (Å²) in [6, 6.07) is 7.66. The Balaban J connectivity index is 2.20. The highest BCUT2D eigenvalue weighted by Crippen LogP contribution is 2.38. The number of hydrogen-bond donors (Lipinski definition) is 1. The van der Waals surface area contributed by atoms with Gasteiger partial charge in [-0.05, 0) is 29.7 Å². The molecule has 0 bridgehead atoms. The molecule has 0 radical (unpaired) electrons. The lowest BCUT2D eigenvalue weighted by molar-refractivity contribution is 0.0526. The number of carbonyl (C=O) groups is 2. The molecule has 4 heteroatoms. The van der Waals surface area contributed by atoms with Gasteiger partial charge in [0.05, 0.1) is 0 Å². The monoisotopic (exact) mass is 289 g/mol. The van der Waals surface area contributed by atoms with Gasteiger partial charge in [-0.2, -0.15) is 0 Å². The van der Waals surface area contributed by atoms with Crippen LogP contribution < -0.4 is 0 Å². The van der Waals surface area contributed by atoms with Gasteiger partial charge in [0.2, 0.25) is 0 Å². The lowest BCUT2D eigenvalue weighted by atomic mass is 9.75. The third-order valence-corrected chi connectivity index (χ3v) is 4.39. The van der Waals surface area contributed by atoms with Crippen LogP contribution in [0.15, 0.2) is 24.3 Å². The summed E-state index contributed by atoms with van der Waals surface area (Å²) >= 11 is 0. The minimum absolute atomic E-state index is 0.0134. The van der Waals surface area contributed by atoms with Gasteiger partial charge in [0.1, 0.15) is 6.29 Å². The third kappa shape index (κ3) is 3.43. The van der Waals surface area contributed by atoms with Crippen molar-refractivity contribution >= 4 is 12.4 Å². The Kier molecular flexibility index (Phi) is 4.35. The van der Waals surface area contributed by atoms with E-state index in [0.717, 1.165) is 19.1 Å². The molecular formula is C17H23NO3. The van der Waals surface area contributed by atoms with Crippen molar-refractivity contribution in [3.8, 4) is 0 Å². The van der Waals surface area contributed by atoms with Crippen LogP contribution in [-0.4, -0.2) is 35.0 Å². The third-order valence-electron chi connectivity index (χ3n) is 4.39. The van der Waals surface area contributed by atoms with E-state index in [0.29, 0.717) is 18.0 Å². The largest absolute Gasteiger partial charge is 0.465 e. The number of amides is 1. The Morgan fingerprint density at radius 1 is 1.29 bits per heavy atom. The number of likely N-dealkylation sites (tertiary alicyclic amines) is 1. The highest BCUT2D eigenvalue weighted by atomic mass is 16.4. The molecule has 2 atom stereocenters. The van der Waals surface area contributed by atoms with Crippen LogP contribution in [0.3, 0.4) is 0 Å². The smallest absolute Gasteiger partial charge is 0.407 e. The van der Waals surface area contributed by atoms with Gasteiger partial charge >= 0.3 is 6.09 Å². The molecule has 1 aromatic carbocycles. The summed E-state index contributed by atoms with van der Waals surface area (Å²) < 4.78 is 0. The lowest BCUT2D eigenvalue weighted by Crippen LogP contribution is -2.51. The zero-order valence-electron chi connectivity index (χ0n) is 12.9. The molecule has 1 N–H and O–H groups in total.